The summed E-state index contributed by atoms with van der Waals surface area (Å²) in [4.78, 5) is 28.4. The minimum absolute atomic E-state index is 0.0760. The third-order valence-electron chi connectivity index (χ3n) is 6.85. The number of nitrogens with zero attached hydrogens (tertiary/aromatic N) is 2. The fourth-order valence-electron chi connectivity index (χ4n) is 4.78. The molecule has 2 aromatic rings. The van der Waals surface area contributed by atoms with E-state index >= 15 is 0 Å². The summed E-state index contributed by atoms with van der Waals surface area (Å²) in [6.07, 6.45) is 6.13. The predicted octanol–water partition coefficient (Wildman–Crippen LogP) is 3.74. The molecule has 1 fully saturated rings. The zero-order valence-electron chi connectivity index (χ0n) is 21.7. The number of fused-ring (bicyclic) bond motifs is 1. The van der Waals surface area contributed by atoms with Gasteiger partial charge >= 0.3 is 0 Å². The van der Waals surface area contributed by atoms with E-state index in [0.29, 0.717) is 29.7 Å². The number of hydrogen-bond acceptors (Lipinski definition) is 6. The van der Waals surface area contributed by atoms with Gasteiger partial charge in [0.1, 0.15) is 25.8 Å². The molecule has 2 aliphatic rings. The van der Waals surface area contributed by atoms with E-state index in [9.17, 15) is 18.0 Å². The maximum atomic E-state index is 13.7. The second kappa shape index (κ2) is 12.3. The number of ether oxygens (including phenoxy) is 2. The van der Waals surface area contributed by atoms with E-state index < -0.39 is 28.5 Å². The van der Waals surface area contributed by atoms with Gasteiger partial charge in [-0.15, -0.1) is 0 Å². The normalized spacial score (nSPS) is 16.4. The third kappa shape index (κ3) is 7.11. The standard InChI is InChI=1S/C27H34ClN3O6S/c1-19(27(33)29-22-9-4-3-5-10-22)30(17-20-7-6-8-21(28)15-20)26(32)18-31(38(2,34)35)23-11-12-24-25(16-23)37-14-13-36-24/h6-8,11-12,15-16,19,22H,3-5,9-10,13-14,17-18H2,1-2H3,(H,29,33)/t19-/m0/s1. The van der Waals surface area contributed by atoms with E-state index in [-0.39, 0.29) is 24.2 Å². The van der Waals surface area contributed by atoms with Crippen molar-refractivity contribution >= 4 is 39.1 Å². The Hall–Kier alpha value is -2.98. The van der Waals surface area contributed by atoms with Crippen LogP contribution in [0.4, 0.5) is 5.69 Å². The minimum atomic E-state index is -3.85. The maximum absolute atomic E-state index is 13.7. The van der Waals surface area contributed by atoms with Crippen molar-refractivity contribution in [2.75, 3.05) is 30.3 Å². The van der Waals surface area contributed by atoms with Gasteiger partial charge in [0, 0.05) is 23.7 Å². The highest BCUT2D eigenvalue weighted by Crippen LogP contribution is 2.34. The molecule has 0 unspecified atom stereocenters. The van der Waals surface area contributed by atoms with Gasteiger partial charge < -0.3 is 19.7 Å². The average molecular weight is 564 g/mol. The lowest BCUT2D eigenvalue weighted by atomic mass is 9.95. The van der Waals surface area contributed by atoms with Crippen molar-refractivity contribution in [2.24, 2.45) is 0 Å². The zero-order chi connectivity index (χ0) is 27.3. The second-order valence-electron chi connectivity index (χ2n) is 9.77. The van der Waals surface area contributed by atoms with Crippen LogP contribution >= 0.6 is 11.6 Å². The lowest BCUT2D eigenvalue weighted by molar-refractivity contribution is -0.139. The van der Waals surface area contributed by atoms with Gasteiger partial charge in [-0.1, -0.05) is 43.0 Å². The van der Waals surface area contributed by atoms with Gasteiger partial charge in [-0.05, 0) is 49.6 Å². The number of amides is 2. The fraction of sp³-hybridized carbons (Fsp3) is 0.481. The van der Waals surface area contributed by atoms with Crippen molar-refractivity contribution in [1.82, 2.24) is 10.2 Å². The predicted molar refractivity (Wildman–Crippen MR) is 146 cm³/mol. The molecule has 2 amide bonds. The molecule has 0 spiro atoms. The molecule has 1 atom stereocenters. The van der Waals surface area contributed by atoms with Gasteiger partial charge in [-0.3, -0.25) is 13.9 Å². The van der Waals surface area contributed by atoms with Gasteiger partial charge in [-0.25, -0.2) is 8.42 Å². The van der Waals surface area contributed by atoms with Crippen molar-refractivity contribution in [3.05, 3.63) is 53.1 Å². The van der Waals surface area contributed by atoms with Gasteiger partial charge in [0.2, 0.25) is 21.8 Å². The van der Waals surface area contributed by atoms with Crippen LogP contribution in [-0.2, 0) is 26.2 Å². The Bertz CT molecular complexity index is 1270. The van der Waals surface area contributed by atoms with E-state index in [4.69, 9.17) is 21.1 Å². The Morgan fingerprint density at radius 1 is 1.05 bits per heavy atom. The minimum Gasteiger partial charge on any atom is -0.486 e. The van der Waals surface area contributed by atoms with E-state index in [1.54, 1.807) is 43.3 Å². The Balaban J connectivity index is 1.59. The molecule has 9 nitrogen and oxygen atoms in total. The van der Waals surface area contributed by atoms with Crippen LogP contribution in [-0.4, -0.2) is 63.2 Å². The number of carbonyl (C=O) groups is 2. The molecule has 2 aromatic carbocycles. The van der Waals surface area contributed by atoms with E-state index in [0.717, 1.165) is 48.2 Å². The molecule has 1 N–H and O–H groups in total. The number of benzene rings is 2. The van der Waals surface area contributed by atoms with E-state index in [1.165, 1.54) is 4.90 Å². The van der Waals surface area contributed by atoms with E-state index in [1.807, 2.05) is 6.07 Å². The summed E-state index contributed by atoms with van der Waals surface area (Å²) < 4.78 is 37.8. The van der Waals surface area contributed by atoms with Gasteiger partial charge in [0.25, 0.3) is 0 Å². The lowest BCUT2D eigenvalue weighted by Crippen LogP contribution is -2.53. The first kappa shape index (κ1) is 28.0. The average Bonchev–Trinajstić information content (AvgIpc) is 2.89. The molecule has 4 rings (SSSR count). The number of nitrogens with one attached hydrogen (secondary N) is 1. The van der Waals surface area contributed by atoms with Crippen molar-refractivity contribution in [3.63, 3.8) is 0 Å². The van der Waals surface area contributed by atoms with Crippen molar-refractivity contribution < 1.29 is 27.5 Å². The van der Waals surface area contributed by atoms with E-state index in [2.05, 4.69) is 5.32 Å². The Morgan fingerprint density at radius 3 is 2.45 bits per heavy atom. The van der Waals surface area contributed by atoms with Crippen LogP contribution in [0.25, 0.3) is 0 Å². The van der Waals surface area contributed by atoms with Gasteiger partial charge in [0.15, 0.2) is 11.5 Å². The molecule has 0 radical (unpaired) electrons. The topological polar surface area (TPSA) is 105 Å². The van der Waals surface area contributed by atoms with Crippen LogP contribution in [0.5, 0.6) is 11.5 Å². The SMILES string of the molecule is C[C@@H](C(=O)NC1CCCCC1)N(Cc1cccc(Cl)c1)C(=O)CN(c1ccc2c(c1)OCCO2)S(C)(=O)=O. The van der Waals surface area contributed by atoms with Crippen molar-refractivity contribution in [3.8, 4) is 11.5 Å². The molecular formula is C27H34ClN3O6S. The summed E-state index contributed by atoms with van der Waals surface area (Å²) in [6.45, 7) is 2.02. The van der Waals surface area contributed by atoms with Crippen LogP contribution in [0.1, 0.15) is 44.6 Å². The molecule has 1 aliphatic heterocycles. The Kier molecular flexibility index (Phi) is 9.04. The highest BCUT2D eigenvalue weighted by Gasteiger charge is 2.31. The zero-order valence-corrected chi connectivity index (χ0v) is 23.3. The van der Waals surface area contributed by atoms with Gasteiger partial charge in [-0.2, -0.15) is 0 Å². The third-order valence-corrected chi connectivity index (χ3v) is 8.23. The quantitative estimate of drug-likeness (QED) is 0.498. The first-order valence-corrected chi connectivity index (χ1v) is 15.1. The van der Waals surface area contributed by atoms with Crippen LogP contribution in [0.3, 0.4) is 0 Å². The summed E-state index contributed by atoms with van der Waals surface area (Å²) in [7, 11) is -3.85. The number of rotatable bonds is 9. The summed E-state index contributed by atoms with van der Waals surface area (Å²) >= 11 is 6.17. The Labute approximate surface area is 229 Å². The number of carbonyl (C=O) groups excluding carboxylic acids is 2. The van der Waals surface area contributed by atoms with Crippen LogP contribution in [0.2, 0.25) is 5.02 Å². The van der Waals surface area contributed by atoms with Crippen LogP contribution in [0.15, 0.2) is 42.5 Å². The first-order chi connectivity index (χ1) is 18.1. The largest absolute Gasteiger partial charge is 0.486 e. The maximum Gasteiger partial charge on any atom is 0.244 e. The van der Waals surface area contributed by atoms with Crippen LogP contribution in [0, 0.1) is 0 Å². The highest BCUT2D eigenvalue weighted by molar-refractivity contribution is 7.92. The number of sulfonamides is 1. The second-order valence-corrected chi connectivity index (χ2v) is 12.1. The van der Waals surface area contributed by atoms with Crippen molar-refractivity contribution in [1.29, 1.82) is 0 Å². The fourth-order valence-corrected chi connectivity index (χ4v) is 5.84. The molecule has 1 heterocycles. The lowest BCUT2D eigenvalue weighted by Gasteiger charge is -2.33. The number of anilines is 1. The summed E-state index contributed by atoms with van der Waals surface area (Å²) in [5, 5.41) is 3.58. The molecule has 0 aromatic heterocycles. The molecule has 0 bridgehead atoms. The molecule has 206 valence electrons. The molecule has 1 aliphatic carbocycles. The smallest absolute Gasteiger partial charge is 0.244 e. The Morgan fingerprint density at radius 2 is 1.76 bits per heavy atom. The number of halogens is 1. The highest BCUT2D eigenvalue weighted by atomic mass is 35.5. The monoisotopic (exact) mass is 563 g/mol. The molecule has 38 heavy (non-hydrogen) atoms. The number of hydrogen-bond donors (Lipinski definition) is 1. The molecule has 11 heteroatoms. The van der Waals surface area contributed by atoms with Crippen LogP contribution < -0.4 is 19.1 Å². The molecule has 1 saturated carbocycles. The molecule has 0 saturated heterocycles. The van der Waals surface area contributed by atoms with Crippen molar-refractivity contribution in [2.45, 2.75) is 57.7 Å². The summed E-state index contributed by atoms with van der Waals surface area (Å²) in [6, 6.07) is 11.0. The summed E-state index contributed by atoms with van der Waals surface area (Å²) in [5.41, 5.74) is 1.00. The first-order valence-electron chi connectivity index (χ1n) is 12.8. The van der Waals surface area contributed by atoms with Gasteiger partial charge in [0.05, 0.1) is 11.9 Å². The molecular weight excluding hydrogens is 530 g/mol. The summed E-state index contributed by atoms with van der Waals surface area (Å²) in [5.74, 6) is 0.135.